The highest BCUT2D eigenvalue weighted by Crippen LogP contribution is 2.38. The van der Waals surface area contributed by atoms with Crippen molar-refractivity contribution in [3.63, 3.8) is 0 Å². The zero-order valence-electron chi connectivity index (χ0n) is 12.0. The third kappa shape index (κ3) is 3.59. The molecule has 0 spiro atoms. The SMILES string of the molecule is CCCc1ccc(C2CCC(C(=O)OCC)C2)cc1. The Morgan fingerprint density at radius 2 is 1.95 bits per heavy atom. The Morgan fingerprint density at radius 1 is 1.21 bits per heavy atom. The Morgan fingerprint density at radius 3 is 2.58 bits per heavy atom. The summed E-state index contributed by atoms with van der Waals surface area (Å²) in [6.45, 7) is 4.57. The molecule has 0 saturated heterocycles. The minimum Gasteiger partial charge on any atom is -0.466 e. The Bertz CT molecular complexity index is 408. The molecular weight excluding hydrogens is 236 g/mol. The zero-order chi connectivity index (χ0) is 13.7. The van der Waals surface area contributed by atoms with Crippen LogP contribution in [-0.4, -0.2) is 12.6 Å². The first-order valence-corrected chi connectivity index (χ1v) is 7.50. The fourth-order valence-electron chi connectivity index (χ4n) is 3.00. The fourth-order valence-corrected chi connectivity index (χ4v) is 3.00. The van der Waals surface area contributed by atoms with E-state index in [0.29, 0.717) is 12.5 Å². The standard InChI is InChI=1S/C17H24O2/c1-3-5-13-6-8-14(9-7-13)15-10-11-16(12-15)17(18)19-4-2/h6-9,15-16H,3-5,10-12H2,1-2H3. The molecule has 1 aliphatic rings. The van der Waals surface area contributed by atoms with Gasteiger partial charge in [-0.3, -0.25) is 4.79 Å². The number of esters is 1. The lowest BCUT2D eigenvalue weighted by Gasteiger charge is -2.12. The summed E-state index contributed by atoms with van der Waals surface area (Å²) in [4.78, 5) is 11.7. The summed E-state index contributed by atoms with van der Waals surface area (Å²) in [6.07, 6.45) is 5.37. The molecule has 2 nitrogen and oxygen atoms in total. The number of carbonyl (C=O) groups excluding carboxylic acids is 1. The smallest absolute Gasteiger partial charge is 0.308 e. The number of carbonyl (C=O) groups is 1. The maximum absolute atomic E-state index is 11.7. The Balaban J connectivity index is 1.94. The van der Waals surface area contributed by atoms with Gasteiger partial charge >= 0.3 is 5.97 Å². The van der Waals surface area contributed by atoms with Crippen molar-refractivity contribution in [2.24, 2.45) is 5.92 Å². The van der Waals surface area contributed by atoms with E-state index >= 15 is 0 Å². The topological polar surface area (TPSA) is 26.3 Å². The van der Waals surface area contributed by atoms with Crippen molar-refractivity contribution in [2.45, 2.75) is 51.9 Å². The first-order valence-electron chi connectivity index (χ1n) is 7.50. The molecule has 0 radical (unpaired) electrons. The second kappa shape index (κ2) is 6.74. The number of rotatable bonds is 5. The lowest BCUT2D eigenvalue weighted by Crippen LogP contribution is -2.14. The average molecular weight is 260 g/mol. The van der Waals surface area contributed by atoms with Crippen LogP contribution in [0.25, 0.3) is 0 Å². The highest BCUT2D eigenvalue weighted by atomic mass is 16.5. The number of ether oxygens (including phenoxy) is 1. The summed E-state index contributed by atoms with van der Waals surface area (Å²) >= 11 is 0. The lowest BCUT2D eigenvalue weighted by molar-refractivity contribution is -0.147. The van der Waals surface area contributed by atoms with Gasteiger partial charge in [-0.05, 0) is 49.7 Å². The minimum absolute atomic E-state index is 0.00685. The summed E-state index contributed by atoms with van der Waals surface area (Å²) < 4.78 is 5.12. The van der Waals surface area contributed by atoms with Crippen LogP contribution in [0.2, 0.25) is 0 Å². The van der Waals surface area contributed by atoms with E-state index in [9.17, 15) is 4.79 Å². The predicted molar refractivity (Wildman–Crippen MR) is 77.2 cm³/mol. The molecule has 2 heteroatoms. The molecule has 1 fully saturated rings. The van der Waals surface area contributed by atoms with Crippen LogP contribution in [0.5, 0.6) is 0 Å². The predicted octanol–water partition coefficient (Wildman–Crippen LogP) is 4.09. The maximum atomic E-state index is 11.7. The fraction of sp³-hybridized carbons (Fsp3) is 0.588. The molecule has 104 valence electrons. The molecule has 1 aromatic carbocycles. The van der Waals surface area contributed by atoms with Crippen molar-refractivity contribution in [3.05, 3.63) is 35.4 Å². The molecule has 0 amide bonds. The summed E-state index contributed by atoms with van der Waals surface area (Å²) in [7, 11) is 0. The van der Waals surface area contributed by atoms with Crippen LogP contribution in [0.4, 0.5) is 0 Å². The Hall–Kier alpha value is -1.31. The van der Waals surface area contributed by atoms with Crippen molar-refractivity contribution in [1.29, 1.82) is 0 Å². The van der Waals surface area contributed by atoms with Crippen LogP contribution < -0.4 is 0 Å². The number of hydrogen-bond acceptors (Lipinski definition) is 2. The Labute approximate surface area is 116 Å². The van der Waals surface area contributed by atoms with Crippen molar-refractivity contribution in [1.82, 2.24) is 0 Å². The normalized spacial score (nSPS) is 22.4. The second-order valence-corrected chi connectivity index (χ2v) is 5.45. The van der Waals surface area contributed by atoms with Gasteiger partial charge in [-0.2, -0.15) is 0 Å². The van der Waals surface area contributed by atoms with Crippen LogP contribution in [0.3, 0.4) is 0 Å². The molecule has 0 aromatic heterocycles. The zero-order valence-corrected chi connectivity index (χ0v) is 12.0. The van der Waals surface area contributed by atoms with E-state index < -0.39 is 0 Å². The van der Waals surface area contributed by atoms with Gasteiger partial charge in [-0.15, -0.1) is 0 Å². The first kappa shape index (κ1) is 14.1. The highest BCUT2D eigenvalue weighted by molar-refractivity contribution is 5.73. The van der Waals surface area contributed by atoms with Crippen molar-refractivity contribution < 1.29 is 9.53 Å². The molecule has 1 aliphatic carbocycles. The molecular formula is C17H24O2. The van der Waals surface area contributed by atoms with Crippen LogP contribution in [0.1, 0.15) is 56.6 Å². The number of benzene rings is 1. The molecule has 1 saturated carbocycles. The second-order valence-electron chi connectivity index (χ2n) is 5.45. The minimum atomic E-state index is -0.00685. The van der Waals surface area contributed by atoms with Gasteiger partial charge in [0.05, 0.1) is 12.5 Å². The van der Waals surface area contributed by atoms with E-state index in [1.54, 1.807) is 0 Å². The van der Waals surface area contributed by atoms with Gasteiger partial charge in [0, 0.05) is 0 Å². The summed E-state index contributed by atoms with van der Waals surface area (Å²) in [5.41, 5.74) is 2.79. The molecule has 0 N–H and O–H groups in total. The van der Waals surface area contributed by atoms with E-state index in [2.05, 4.69) is 31.2 Å². The van der Waals surface area contributed by atoms with Gasteiger partial charge in [0.25, 0.3) is 0 Å². The van der Waals surface area contributed by atoms with Crippen molar-refractivity contribution in [3.8, 4) is 0 Å². The highest BCUT2D eigenvalue weighted by Gasteiger charge is 2.31. The molecule has 2 rings (SSSR count). The van der Waals surface area contributed by atoms with Gasteiger partial charge in [0.1, 0.15) is 0 Å². The van der Waals surface area contributed by atoms with E-state index in [4.69, 9.17) is 4.74 Å². The molecule has 0 aliphatic heterocycles. The third-order valence-electron chi connectivity index (χ3n) is 4.04. The molecule has 1 aromatic rings. The summed E-state index contributed by atoms with van der Waals surface area (Å²) in [5.74, 6) is 0.637. The van der Waals surface area contributed by atoms with Crippen molar-refractivity contribution >= 4 is 5.97 Å². The van der Waals surface area contributed by atoms with Crippen LogP contribution in [0, 0.1) is 5.92 Å². The first-order chi connectivity index (χ1) is 9.24. The maximum Gasteiger partial charge on any atom is 0.308 e. The van der Waals surface area contributed by atoms with Gasteiger partial charge in [0.2, 0.25) is 0 Å². The number of hydrogen-bond donors (Lipinski definition) is 0. The number of aryl methyl sites for hydroxylation is 1. The lowest BCUT2D eigenvalue weighted by atomic mass is 9.95. The largest absolute Gasteiger partial charge is 0.466 e. The summed E-state index contributed by atoms with van der Waals surface area (Å²) in [5, 5.41) is 0. The van der Waals surface area contributed by atoms with Gasteiger partial charge in [0.15, 0.2) is 0 Å². The van der Waals surface area contributed by atoms with Crippen LogP contribution in [-0.2, 0) is 16.0 Å². The van der Waals surface area contributed by atoms with Crippen molar-refractivity contribution in [2.75, 3.05) is 6.61 Å². The molecule has 2 unspecified atom stereocenters. The molecule has 19 heavy (non-hydrogen) atoms. The molecule has 0 heterocycles. The van der Waals surface area contributed by atoms with E-state index in [1.165, 1.54) is 17.5 Å². The van der Waals surface area contributed by atoms with Gasteiger partial charge in [-0.25, -0.2) is 0 Å². The monoisotopic (exact) mass is 260 g/mol. The molecule has 0 bridgehead atoms. The average Bonchev–Trinajstić information content (AvgIpc) is 2.90. The van der Waals surface area contributed by atoms with Gasteiger partial charge < -0.3 is 4.74 Å². The summed E-state index contributed by atoms with van der Waals surface area (Å²) in [6, 6.07) is 8.94. The Kier molecular flexibility index (Phi) is 5.00. The van der Waals surface area contributed by atoms with Gasteiger partial charge in [-0.1, -0.05) is 37.6 Å². The molecule has 2 atom stereocenters. The van der Waals surface area contributed by atoms with E-state index in [-0.39, 0.29) is 11.9 Å². The third-order valence-corrected chi connectivity index (χ3v) is 4.04. The quantitative estimate of drug-likeness (QED) is 0.745. The van der Waals surface area contributed by atoms with Crippen LogP contribution >= 0.6 is 0 Å². The van der Waals surface area contributed by atoms with Crippen LogP contribution in [0.15, 0.2) is 24.3 Å². The van der Waals surface area contributed by atoms with E-state index in [1.807, 2.05) is 6.92 Å². The van der Waals surface area contributed by atoms with E-state index in [0.717, 1.165) is 25.7 Å².